The zero-order chi connectivity index (χ0) is 9.84. The Morgan fingerprint density at radius 3 is 2.54 bits per heavy atom. The van der Waals surface area contributed by atoms with E-state index in [1.54, 1.807) is 0 Å². The maximum absolute atomic E-state index is 6.03. The summed E-state index contributed by atoms with van der Waals surface area (Å²) in [6, 6.07) is 4.19. The van der Waals surface area contributed by atoms with Crippen LogP contribution >= 0.6 is 11.6 Å². The first-order valence-electron chi connectivity index (χ1n) is 4.61. The second kappa shape index (κ2) is 4.64. The molecule has 1 aromatic rings. The van der Waals surface area contributed by atoms with Gasteiger partial charge in [-0.25, -0.2) is 0 Å². The van der Waals surface area contributed by atoms with Crippen LogP contribution in [0.25, 0.3) is 0 Å². The van der Waals surface area contributed by atoms with Crippen LogP contribution in [0, 0.1) is 13.8 Å². The van der Waals surface area contributed by atoms with Gasteiger partial charge < -0.3 is 5.73 Å². The van der Waals surface area contributed by atoms with Crippen LogP contribution in [0.2, 0.25) is 5.02 Å². The van der Waals surface area contributed by atoms with Gasteiger partial charge in [-0.2, -0.15) is 0 Å². The summed E-state index contributed by atoms with van der Waals surface area (Å²) >= 11 is 6.03. The van der Waals surface area contributed by atoms with E-state index in [1.165, 1.54) is 11.1 Å². The molecule has 2 N–H and O–H groups in total. The molecule has 0 bridgehead atoms. The Labute approximate surface area is 84.9 Å². The molecule has 1 rings (SSSR count). The predicted molar refractivity (Wildman–Crippen MR) is 58.3 cm³/mol. The van der Waals surface area contributed by atoms with Crippen LogP contribution in [0.1, 0.15) is 23.1 Å². The smallest absolute Gasteiger partial charge is 0.0438 e. The number of rotatable bonds is 3. The highest BCUT2D eigenvalue weighted by Gasteiger charge is 2.02. The van der Waals surface area contributed by atoms with Crippen molar-refractivity contribution >= 4 is 11.6 Å². The third-order valence-electron chi connectivity index (χ3n) is 2.27. The number of halogens is 1. The lowest BCUT2D eigenvalue weighted by molar-refractivity contribution is 0.827. The van der Waals surface area contributed by atoms with Crippen molar-refractivity contribution in [2.24, 2.45) is 5.73 Å². The van der Waals surface area contributed by atoms with E-state index in [9.17, 15) is 0 Å². The Morgan fingerprint density at radius 1 is 1.23 bits per heavy atom. The Kier molecular flexibility index (Phi) is 3.76. The highest BCUT2D eigenvalue weighted by Crippen LogP contribution is 2.21. The molecule has 0 spiro atoms. The molecule has 0 radical (unpaired) electrons. The molecule has 0 aliphatic heterocycles. The third-order valence-corrected chi connectivity index (χ3v) is 2.67. The van der Waals surface area contributed by atoms with Crippen molar-refractivity contribution in [3.05, 3.63) is 33.8 Å². The molecule has 13 heavy (non-hydrogen) atoms. The third kappa shape index (κ3) is 2.71. The first-order valence-corrected chi connectivity index (χ1v) is 4.98. The maximum atomic E-state index is 6.03. The lowest BCUT2D eigenvalue weighted by Gasteiger charge is -2.07. The van der Waals surface area contributed by atoms with Gasteiger partial charge in [-0.3, -0.25) is 0 Å². The molecule has 0 aromatic heterocycles. The van der Waals surface area contributed by atoms with E-state index < -0.39 is 0 Å². The quantitative estimate of drug-likeness (QED) is 0.793. The zero-order valence-corrected chi connectivity index (χ0v) is 8.99. The Hall–Kier alpha value is -0.530. The molecule has 0 aliphatic carbocycles. The van der Waals surface area contributed by atoms with Gasteiger partial charge in [0.15, 0.2) is 0 Å². The first kappa shape index (κ1) is 10.6. The molecule has 0 heterocycles. The van der Waals surface area contributed by atoms with Crippen molar-refractivity contribution in [1.29, 1.82) is 0 Å². The van der Waals surface area contributed by atoms with Crippen LogP contribution in [0.4, 0.5) is 0 Å². The van der Waals surface area contributed by atoms with E-state index in [-0.39, 0.29) is 0 Å². The van der Waals surface area contributed by atoms with Gasteiger partial charge in [-0.15, -0.1) is 0 Å². The number of nitrogens with two attached hydrogens (primary N) is 1. The SMILES string of the molecule is Cc1cc(C)c(CCCN)cc1Cl. The fourth-order valence-electron chi connectivity index (χ4n) is 1.43. The highest BCUT2D eigenvalue weighted by molar-refractivity contribution is 6.31. The molecule has 0 saturated carbocycles. The molecule has 0 atom stereocenters. The van der Waals surface area contributed by atoms with Gasteiger partial charge in [0.2, 0.25) is 0 Å². The normalized spacial score (nSPS) is 10.5. The zero-order valence-electron chi connectivity index (χ0n) is 8.23. The largest absolute Gasteiger partial charge is 0.330 e. The summed E-state index contributed by atoms with van der Waals surface area (Å²) < 4.78 is 0. The Bertz CT molecular complexity index is 294. The first-order chi connectivity index (χ1) is 6.15. The maximum Gasteiger partial charge on any atom is 0.0438 e. The second-order valence-corrected chi connectivity index (χ2v) is 3.83. The average Bonchev–Trinajstić information content (AvgIpc) is 2.09. The Balaban J connectivity index is 2.88. The van der Waals surface area contributed by atoms with Gasteiger partial charge in [-0.05, 0) is 56.0 Å². The van der Waals surface area contributed by atoms with Gasteiger partial charge >= 0.3 is 0 Å². The minimum absolute atomic E-state index is 0.741. The summed E-state index contributed by atoms with van der Waals surface area (Å²) in [5, 5.41) is 0.859. The molecule has 2 heteroatoms. The molecule has 1 nitrogen and oxygen atoms in total. The Morgan fingerprint density at radius 2 is 1.92 bits per heavy atom. The van der Waals surface area contributed by atoms with Crippen molar-refractivity contribution in [2.75, 3.05) is 6.54 Å². The van der Waals surface area contributed by atoms with Gasteiger partial charge in [0.25, 0.3) is 0 Å². The summed E-state index contributed by atoms with van der Waals surface area (Å²) in [5.41, 5.74) is 9.25. The standard InChI is InChI=1S/C11H16ClN/c1-8-6-9(2)11(12)7-10(8)4-3-5-13/h6-7H,3-5,13H2,1-2H3. The van der Waals surface area contributed by atoms with E-state index in [1.807, 2.05) is 6.92 Å². The van der Waals surface area contributed by atoms with Crippen LogP contribution in [-0.2, 0) is 6.42 Å². The topological polar surface area (TPSA) is 26.0 Å². The minimum Gasteiger partial charge on any atom is -0.330 e. The lowest BCUT2D eigenvalue weighted by atomic mass is 10.0. The predicted octanol–water partition coefficient (Wildman–Crippen LogP) is 2.85. The van der Waals surface area contributed by atoms with Crippen LogP contribution < -0.4 is 5.73 Å². The lowest BCUT2D eigenvalue weighted by Crippen LogP contribution is -2.01. The number of hydrogen-bond donors (Lipinski definition) is 1. The number of benzene rings is 1. The van der Waals surface area contributed by atoms with Gasteiger partial charge in [0.1, 0.15) is 0 Å². The molecule has 0 fully saturated rings. The minimum atomic E-state index is 0.741. The van der Waals surface area contributed by atoms with E-state index >= 15 is 0 Å². The molecule has 72 valence electrons. The monoisotopic (exact) mass is 197 g/mol. The van der Waals surface area contributed by atoms with Crippen LogP contribution in [0.3, 0.4) is 0 Å². The van der Waals surface area contributed by atoms with E-state index in [0.717, 1.165) is 30.0 Å². The van der Waals surface area contributed by atoms with Gasteiger partial charge in [0.05, 0.1) is 0 Å². The van der Waals surface area contributed by atoms with Crippen molar-refractivity contribution in [3.8, 4) is 0 Å². The summed E-state index contributed by atoms with van der Waals surface area (Å²) in [5.74, 6) is 0. The number of aryl methyl sites for hydroxylation is 3. The molecular formula is C11H16ClN. The van der Waals surface area contributed by atoms with E-state index in [4.69, 9.17) is 17.3 Å². The molecule has 0 unspecified atom stereocenters. The summed E-state index contributed by atoms with van der Waals surface area (Å²) in [4.78, 5) is 0. The van der Waals surface area contributed by atoms with Crippen molar-refractivity contribution < 1.29 is 0 Å². The molecule has 1 aromatic carbocycles. The molecular weight excluding hydrogens is 182 g/mol. The van der Waals surface area contributed by atoms with Crippen molar-refractivity contribution in [3.63, 3.8) is 0 Å². The second-order valence-electron chi connectivity index (χ2n) is 3.42. The van der Waals surface area contributed by atoms with Crippen molar-refractivity contribution in [2.45, 2.75) is 26.7 Å². The fraction of sp³-hybridized carbons (Fsp3) is 0.455. The fourth-order valence-corrected chi connectivity index (χ4v) is 1.62. The van der Waals surface area contributed by atoms with Crippen LogP contribution in [0.5, 0.6) is 0 Å². The van der Waals surface area contributed by atoms with Crippen LogP contribution in [-0.4, -0.2) is 6.54 Å². The molecule has 0 amide bonds. The molecule has 0 saturated heterocycles. The number of hydrogen-bond acceptors (Lipinski definition) is 1. The molecule has 0 aliphatic rings. The van der Waals surface area contributed by atoms with Crippen LogP contribution in [0.15, 0.2) is 12.1 Å². The van der Waals surface area contributed by atoms with E-state index in [2.05, 4.69) is 19.1 Å². The van der Waals surface area contributed by atoms with Crippen molar-refractivity contribution in [1.82, 2.24) is 0 Å². The highest BCUT2D eigenvalue weighted by atomic mass is 35.5. The summed E-state index contributed by atoms with van der Waals surface area (Å²) in [7, 11) is 0. The average molecular weight is 198 g/mol. The van der Waals surface area contributed by atoms with Gasteiger partial charge in [0, 0.05) is 5.02 Å². The summed E-state index contributed by atoms with van der Waals surface area (Å²) in [6.07, 6.45) is 2.06. The van der Waals surface area contributed by atoms with E-state index in [0.29, 0.717) is 0 Å². The van der Waals surface area contributed by atoms with Gasteiger partial charge in [-0.1, -0.05) is 17.7 Å². The summed E-state index contributed by atoms with van der Waals surface area (Å²) in [6.45, 7) is 4.89.